The quantitative estimate of drug-likeness (QED) is 0.519. The summed E-state index contributed by atoms with van der Waals surface area (Å²) in [7, 11) is -2.79. The Bertz CT molecular complexity index is 213. The van der Waals surface area contributed by atoms with Gasteiger partial charge in [0.25, 0.3) is 0 Å². The van der Waals surface area contributed by atoms with Gasteiger partial charge in [-0.05, 0) is 18.6 Å². The van der Waals surface area contributed by atoms with E-state index in [-0.39, 0.29) is 0 Å². The molecule has 0 amide bonds. The minimum atomic E-state index is -2.79. The van der Waals surface area contributed by atoms with E-state index in [1.165, 1.54) is 4.31 Å². The van der Waals surface area contributed by atoms with Crippen molar-refractivity contribution in [3.8, 4) is 0 Å². The van der Waals surface area contributed by atoms with Crippen LogP contribution < -0.4 is 0 Å². The molecule has 0 aliphatic carbocycles. The summed E-state index contributed by atoms with van der Waals surface area (Å²) in [5.41, 5.74) is 0. The third kappa shape index (κ3) is 2.35. The summed E-state index contributed by atoms with van der Waals surface area (Å²) < 4.78 is 23.4. The summed E-state index contributed by atoms with van der Waals surface area (Å²) in [6, 6.07) is 0. The molecule has 1 aliphatic heterocycles. The molecule has 1 rings (SSSR count). The second-order valence-electron chi connectivity index (χ2n) is 2.65. The Hall–Kier alpha value is 0.260. The molecule has 66 valence electrons. The molecule has 5 heteroatoms. The Labute approximate surface area is 73.2 Å². The van der Waals surface area contributed by atoms with Gasteiger partial charge in [-0.3, -0.25) is 0 Å². The summed E-state index contributed by atoms with van der Waals surface area (Å²) in [6.45, 7) is 1.40. The van der Waals surface area contributed by atoms with Crippen LogP contribution in [0.15, 0.2) is 0 Å². The molecule has 0 aromatic carbocycles. The van der Waals surface area contributed by atoms with Gasteiger partial charge >= 0.3 is 0 Å². The zero-order valence-electron chi connectivity index (χ0n) is 6.36. The van der Waals surface area contributed by atoms with Gasteiger partial charge in [0, 0.05) is 13.1 Å². The van der Waals surface area contributed by atoms with Crippen LogP contribution in [-0.2, 0) is 10.0 Å². The van der Waals surface area contributed by atoms with Gasteiger partial charge in [0.2, 0.25) is 10.0 Å². The van der Waals surface area contributed by atoms with Crippen molar-refractivity contribution in [2.24, 2.45) is 0 Å². The highest BCUT2D eigenvalue weighted by Crippen LogP contribution is 2.13. The fourth-order valence-electron chi connectivity index (χ4n) is 1.02. The van der Waals surface area contributed by atoms with Crippen LogP contribution in [0.2, 0.25) is 0 Å². The number of nitrogens with zero attached hydrogens (tertiary/aromatic N) is 1. The molecule has 0 spiro atoms. The van der Waals surface area contributed by atoms with Gasteiger partial charge in [-0.25, -0.2) is 12.7 Å². The van der Waals surface area contributed by atoms with Gasteiger partial charge in [0.1, 0.15) is 0 Å². The number of rotatable bonds is 4. The van der Waals surface area contributed by atoms with Crippen LogP contribution in [0.1, 0.15) is 12.8 Å². The highest BCUT2D eigenvalue weighted by Gasteiger charge is 2.31. The lowest BCUT2D eigenvalue weighted by Crippen LogP contribution is -2.47. The average Bonchev–Trinajstić information content (AvgIpc) is 1.96. The average molecular weight is 195 g/mol. The van der Waals surface area contributed by atoms with Crippen molar-refractivity contribution in [2.75, 3.05) is 24.6 Å². The van der Waals surface area contributed by atoms with Crippen LogP contribution in [0.25, 0.3) is 0 Å². The van der Waals surface area contributed by atoms with E-state index in [0.29, 0.717) is 12.3 Å². The molecule has 1 fully saturated rings. The summed E-state index contributed by atoms with van der Waals surface area (Å²) in [6.07, 6.45) is 1.93. The molecule has 0 aromatic rings. The SMILES string of the molecule is O=S1(=O)CCN1CCCCS. The van der Waals surface area contributed by atoms with Crippen LogP contribution in [0.5, 0.6) is 0 Å². The highest BCUT2D eigenvalue weighted by atomic mass is 32.2. The zero-order chi connectivity index (χ0) is 8.32. The van der Waals surface area contributed by atoms with Gasteiger partial charge in [-0.1, -0.05) is 0 Å². The van der Waals surface area contributed by atoms with E-state index in [2.05, 4.69) is 12.6 Å². The normalized spacial score (nSPS) is 23.0. The molecule has 0 radical (unpaired) electrons. The van der Waals surface area contributed by atoms with Gasteiger partial charge in [0.15, 0.2) is 0 Å². The fourth-order valence-corrected chi connectivity index (χ4v) is 2.39. The van der Waals surface area contributed by atoms with Crippen molar-refractivity contribution in [1.82, 2.24) is 4.31 Å². The molecule has 11 heavy (non-hydrogen) atoms. The summed E-state index contributed by atoms with van der Waals surface area (Å²) in [5, 5.41) is 0. The second kappa shape index (κ2) is 3.78. The number of thiol groups is 1. The predicted octanol–water partition coefficient (Wildman–Crippen LogP) is 0.342. The Balaban J connectivity index is 2.19. The van der Waals surface area contributed by atoms with Crippen LogP contribution in [0.4, 0.5) is 0 Å². The van der Waals surface area contributed by atoms with Crippen molar-refractivity contribution in [1.29, 1.82) is 0 Å². The van der Waals surface area contributed by atoms with E-state index >= 15 is 0 Å². The predicted molar refractivity (Wildman–Crippen MR) is 48.4 cm³/mol. The number of unbranched alkanes of at least 4 members (excludes halogenated alkanes) is 1. The van der Waals surface area contributed by atoms with Crippen molar-refractivity contribution in [2.45, 2.75) is 12.8 Å². The topological polar surface area (TPSA) is 37.4 Å². The van der Waals surface area contributed by atoms with Gasteiger partial charge in [0.05, 0.1) is 5.75 Å². The van der Waals surface area contributed by atoms with Crippen LogP contribution in [0, 0.1) is 0 Å². The molecule has 3 nitrogen and oxygen atoms in total. The van der Waals surface area contributed by atoms with E-state index in [4.69, 9.17) is 0 Å². The Kier molecular flexibility index (Phi) is 3.21. The lowest BCUT2D eigenvalue weighted by Gasteiger charge is -2.29. The van der Waals surface area contributed by atoms with Gasteiger partial charge in [-0.15, -0.1) is 0 Å². The van der Waals surface area contributed by atoms with Crippen LogP contribution >= 0.6 is 12.6 Å². The van der Waals surface area contributed by atoms with E-state index in [0.717, 1.165) is 25.1 Å². The van der Waals surface area contributed by atoms with E-state index in [9.17, 15) is 8.42 Å². The van der Waals surface area contributed by atoms with E-state index in [1.54, 1.807) is 0 Å². The lowest BCUT2D eigenvalue weighted by atomic mass is 10.3. The Morgan fingerprint density at radius 3 is 2.45 bits per heavy atom. The summed E-state index contributed by atoms with van der Waals surface area (Å²) >= 11 is 4.05. The molecule has 0 bridgehead atoms. The summed E-state index contributed by atoms with van der Waals surface area (Å²) in [4.78, 5) is 0. The van der Waals surface area contributed by atoms with Gasteiger partial charge in [-0.2, -0.15) is 12.6 Å². The fraction of sp³-hybridized carbons (Fsp3) is 1.00. The smallest absolute Gasteiger partial charge is 0.212 e. The first-order valence-electron chi connectivity index (χ1n) is 3.75. The minimum Gasteiger partial charge on any atom is -0.212 e. The third-order valence-electron chi connectivity index (χ3n) is 1.81. The Morgan fingerprint density at radius 1 is 1.36 bits per heavy atom. The molecule has 0 atom stereocenters. The van der Waals surface area contributed by atoms with Crippen molar-refractivity contribution < 1.29 is 8.42 Å². The lowest BCUT2D eigenvalue weighted by molar-refractivity contribution is 0.378. The zero-order valence-corrected chi connectivity index (χ0v) is 8.07. The standard InChI is InChI=1S/C6H13NO2S2/c8-11(9)6-4-7(11)3-1-2-5-10/h10H,1-6H2. The van der Waals surface area contributed by atoms with Crippen LogP contribution in [0.3, 0.4) is 0 Å². The molecule has 0 unspecified atom stereocenters. The molecule has 1 saturated heterocycles. The molecular weight excluding hydrogens is 182 g/mol. The number of sulfonamides is 1. The molecule has 0 saturated carbocycles. The first kappa shape index (κ1) is 9.35. The van der Waals surface area contributed by atoms with Crippen LogP contribution in [-0.4, -0.2) is 37.3 Å². The molecular formula is C6H13NO2S2. The van der Waals surface area contributed by atoms with Crippen molar-refractivity contribution in [3.05, 3.63) is 0 Å². The number of hydrogen-bond acceptors (Lipinski definition) is 3. The molecule has 0 aromatic heterocycles. The first-order chi connectivity index (χ1) is 5.17. The second-order valence-corrected chi connectivity index (χ2v) is 5.18. The number of hydrogen-bond donors (Lipinski definition) is 1. The summed E-state index contributed by atoms with van der Waals surface area (Å²) in [5.74, 6) is 1.18. The minimum absolute atomic E-state index is 0.341. The maximum Gasteiger partial charge on any atom is 0.215 e. The Morgan fingerprint density at radius 2 is 2.09 bits per heavy atom. The van der Waals surface area contributed by atoms with E-state index < -0.39 is 10.0 Å². The van der Waals surface area contributed by atoms with Crippen molar-refractivity contribution >= 4 is 22.7 Å². The van der Waals surface area contributed by atoms with Gasteiger partial charge < -0.3 is 0 Å². The monoisotopic (exact) mass is 195 g/mol. The van der Waals surface area contributed by atoms with Crippen molar-refractivity contribution in [3.63, 3.8) is 0 Å². The first-order valence-corrected chi connectivity index (χ1v) is 5.99. The molecule has 1 aliphatic rings. The highest BCUT2D eigenvalue weighted by molar-refractivity contribution is 7.90. The largest absolute Gasteiger partial charge is 0.215 e. The molecule has 1 heterocycles. The maximum absolute atomic E-state index is 10.9. The maximum atomic E-state index is 10.9. The third-order valence-corrected chi connectivity index (χ3v) is 3.97. The molecule has 0 N–H and O–H groups in total. The van der Waals surface area contributed by atoms with E-state index in [1.807, 2.05) is 0 Å².